The molecule has 0 unspecified atom stereocenters. The Kier molecular flexibility index (Phi) is 6.78. The maximum absolute atomic E-state index is 13.1. The van der Waals surface area contributed by atoms with Gasteiger partial charge in [-0.3, -0.25) is 14.4 Å². The van der Waals surface area contributed by atoms with Crippen LogP contribution < -0.4 is 10.6 Å². The average Bonchev–Trinajstić information content (AvgIpc) is 3.54. The van der Waals surface area contributed by atoms with Gasteiger partial charge >= 0.3 is 0 Å². The van der Waals surface area contributed by atoms with Crippen molar-refractivity contribution in [1.29, 1.82) is 0 Å². The van der Waals surface area contributed by atoms with E-state index in [0.717, 1.165) is 61.7 Å². The molecule has 2 aromatic heterocycles. The van der Waals surface area contributed by atoms with Crippen LogP contribution >= 0.6 is 0 Å². The number of amides is 1. The quantitative estimate of drug-likeness (QED) is 0.341. The van der Waals surface area contributed by atoms with Crippen LogP contribution in [-0.4, -0.2) is 56.9 Å². The van der Waals surface area contributed by atoms with E-state index in [1.165, 1.54) is 12.0 Å². The zero-order valence-corrected chi connectivity index (χ0v) is 22.8. The van der Waals surface area contributed by atoms with Gasteiger partial charge < -0.3 is 15.4 Å². The molecule has 6 rings (SSSR count). The molecule has 2 fully saturated rings. The standard InChI is InChI=1S/C30H35N7O2/c1-4-37-16-26-28(35-37)34-27(14-31-26)32-21(3)22-6-5-7-25(13-22)33-29(38)23-8-9-24(20(2)12-23)15-36-11-10-30(17-36)18-39-19-30/h5-9,12-14,16,21H,4,10-11,15,17-19H2,1-3H3,(H,33,38)(H,32,34,35)/t21-/m0/s1. The molecule has 2 aliphatic rings. The van der Waals surface area contributed by atoms with Crippen LogP contribution in [0, 0.1) is 12.3 Å². The highest BCUT2D eigenvalue weighted by Crippen LogP contribution is 2.38. The zero-order chi connectivity index (χ0) is 27.0. The Morgan fingerprint density at radius 2 is 2.08 bits per heavy atom. The molecule has 0 bridgehead atoms. The van der Waals surface area contributed by atoms with Gasteiger partial charge in [-0.05, 0) is 74.7 Å². The fourth-order valence-electron chi connectivity index (χ4n) is 5.52. The maximum atomic E-state index is 13.1. The van der Waals surface area contributed by atoms with Crippen molar-refractivity contribution in [2.24, 2.45) is 5.41 Å². The van der Waals surface area contributed by atoms with Gasteiger partial charge in [-0.25, -0.2) is 9.97 Å². The molecule has 1 atom stereocenters. The van der Waals surface area contributed by atoms with Gasteiger partial charge in [0, 0.05) is 36.3 Å². The minimum Gasteiger partial charge on any atom is -0.380 e. The van der Waals surface area contributed by atoms with Crippen molar-refractivity contribution in [3.05, 3.63) is 77.1 Å². The molecule has 39 heavy (non-hydrogen) atoms. The lowest BCUT2D eigenvalue weighted by Crippen LogP contribution is -2.44. The van der Waals surface area contributed by atoms with Crippen LogP contribution in [0.1, 0.15) is 53.4 Å². The van der Waals surface area contributed by atoms with Gasteiger partial charge in [0.05, 0.1) is 31.6 Å². The van der Waals surface area contributed by atoms with E-state index in [1.807, 2.05) is 54.2 Å². The molecule has 2 aromatic carbocycles. The first-order chi connectivity index (χ1) is 18.9. The second-order valence-electron chi connectivity index (χ2n) is 11.0. The van der Waals surface area contributed by atoms with Gasteiger partial charge in [-0.2, -0.15) is 5.10 Å². The third-order valence-corrected chi connectivity index (χ3v) is 7.94. The second-order valence-corrected chi connectivity index (χ2v) is 11.0. The molecule has 9 heteroatoms. The monoisotopic (exact) mass is 525 g/mol. The van der Waals surface area contributed by atoms with Gasteiger partial charge in [0.25, 0.3) is 5.91 Å². The number of hydrogen-bond acceptors (Lipinski definition) is 7. The van der Waals surface area contributed by atoms with Gasteiger partial charge in [-0.1, -0.05) is 18.2 Å². The molecule has 0 aliphatic carbocycles. The predicted molar refractivity (Wildman–Crippen MR) is 152 cm³/mol. The summed E-state index contributed by atoms with van der Waals surface area (Å²) in [4.78, 5) is 24.7. The molecule has 1 amide bonds. The van der Waals surface area contributed by atoms with E-state index in [4.69, 9.17) is 4.74 Å². The number of nitrogens with one attached hydrogen (secondary N) is 2. The summed E-state index contributed by atoms with van der Waals surface area (Å²) in [6, 6.07) is 13.8. The lowest BCUT2D eigenvalue weighted by atomic mass is 9.85. The minimum atomic E-state index is -0.114. The van der Waals surface area contributed by atoms with Crippen molar-refractivity contribution >= 4 is 28.6 Å². The lowest BCUT2D eigenvalue weighted by Gasteiger charge is -2.37. The molecule has 202 valence electrons. The molecule has 4 aromatic rings. The van der Waals surface area contributed by atoms with E-state index in [0.29, 0.717) is 22.4 Å². The molecule has 2 aliphatic heterocycles. The Labute approximate surface area is 228 Å². The largest absolute Gasteiger partial charge is 0.380 e. The first kappa shape index (κ1) is 25.5. The number of likely N-dealkylation sites (tertiary alicyclic amines) is 1. The van der Waals surface area contributed by atoms with Crippen molar-refractivity contribution in [2.45, 2.75) is 46.3 Å². The molecule has 4 heterocycles. The Bertz CT molecular complexity index is 1510. The number of carbonyl (C=O) groups excluding carboxylic acids is 1. The number of fused-ring (bicyclic) bond motifs is 1. The van der Waals surface area contributed by atoms with Crippen LogP contribution in [0.15, 0.2) is 54.9 Å². The minimum absolute atomic E-state index is 0.0420. The Hall–Kier alpha value is -3.82. The van der Waals surface area contributed by atoms with Crippen molar-refractivity contribution in [3.63, 3.8) is 0 Å². The summed E-state index contributed by atoms with van der Waals surface area (Å²) in [6.07, 6.45) is 4.83. The van der Waals surface area contributed by atoms with Crippen molar-refractivity contribution in [2.75, 3.05) is 36.9 Å². The highest BCUT2D eigenvalue weighted by molar-refractivity contribution is 6.04. The third kappa shape index (κ3) is 5.37. The summed E-state index contributed by atoms with van der Waals surface area (Å²) in [5.74, 6) is 0.545. The number of hydrogen-bond donors (Lipinski definition) is 2. The fourth-order valence-corrected chi connectivity index (χ4v) is 5.52. The van der Waals surface area contributed by atoms with E-state index in [-0.39, 0.29) is 11.9 Å². The van der Waals surface area contributed by atoms with Crippen LogP contribution in [-0.2, 0) is 17.8 Å². The first-order valence-corrected chi connectivity index (χ1v) is 13.7. The summed E-state index contributed by atoms with van der Waals surface area (Å²) < 4.78 is 7.28. The van der Waals surface area contributed by atoms with Gasteiger partial charge in [0.1, 0.15) is 11.3 Å². The predicted octanol–water partition coefficient (Wildman–Crippen LogP) is 4.80. The summed E-state index contributed by atoms with van der Waals surface area (Å²) >= 11 is 0. The van der Waals surface area contributed by atoms with E-state index >= 15 is 0 Å². The number of benzene rings is 2. The number of carbonyl (C=O) groups is 1. The summed E-state index contributed by atoms with van der Waals surface area (Å²) in [7, 11) is 0. The highest BCUT2D eigenvalue weighted by atomic mass is 16.5. The first-order valence-electron chi connectivity index (χ1n) is 13.7. The van der Waals surface area contributed by atoms with Crippen molar-refractivity contribution in [1.82, 2.24) is 24.6 Å². The van der Waals surface area contributed by atoms with Gasteiger partial charge in [-0.15, -0.1) is 0 Å². The number of nitrogens with zero attached hydrogens (tertiary/aromatic N) is 5. The third-order valence-electron chi connectivity index (χ3n) is 7.94. The van der Waals surface area contributed by atoms with Gasteiger partial charge in [0.2, 0.25) is 5.65 Å². The Balaban J connectivity index is 1.09. The van der Waals surface area contributed by atoms with Crippen molar-refractivity contribution < 1.29 is 9.53 Å². The maximum Gasteiger partial charge on any atom is 0.255 e. The summed E-state index contributed by atoms with van der Waals surface area (Å²) in [5.41, 5.74) is 6.63. The number of aromatic nitrogens is 4. The molecule has 0 saturated carbocycles. The fraction of sp³-hybridized carbons (Fsp3) is 0.400. The molecule has 0 radical (unpaired) electrons. The van der Waals surface area contributed by atoms with E-state index in [1.54, 1.807) is 6.20 Å². The van der Waals surface area contributed by atoms with E-state index in [9.17, 15) is 4.79 Å². The zero-order valence-electron chi connectivity index (χ0n) is 22.8. The van der Waals surface area contributed by atoms with Crippen LogP contribution in [0.3, 0.4) is 0 Å². The number of ether oxygens (including phenoxy) is 1. The summed E-state index contributed by atoms with van der Waals surface area (Å²) in [6.45, 7) is 11.9. The Morgan fingerprint density at radius 1 is 1.21 bits per heavy atom. The van der Waals surface area contributed by atoms with Crippen LogP contribution in [0.5, 0.6) is 0 Å². The van der Waals surface area contributed by atoms with Crippen LogP contribution in [0.4, 0.5) is 11.5 Å². The van der Waals surface area contributed by atoms with Crippen LogP contribution in [0.25, 0.3) is 11.2 Å². The molecule has 2 saturated heterocycles. The topological polar surface area (TPSA) is 97.2 Å². The molecule has 9 nitrogen and oxygen atoms in total. The van der Waals surface area contributed by atoms with E-state index < -0.39 is 0 Å². The smallest absolute Gasteiger partial charge is 0.255 e. The summed E-state index contributed by atoms with van der Waals surface area (Å²) in [5, 5.41) is 10.9. The highest BCUT2D eigenvalue weighted by Gasteiger charge is 2.44. The SMILES string of the molecule is CCn1cc2ncc(N[C@@H](C)c3cccc(NC(=O)c4ccc(CN5CCC6(COC6)C5)c(C)c4)c3)nc2n1. The van der Waals surface area contributed by atoms with Gasteiger partial charge in [0.15, 0.2) is 0 Å². The second kappa shape index (κ2) is 10.4. The number of aryl methyl sites for hydroxylation is 2. The van der Waals surface area contributed by atoms with E-state index in [2.05, 4.69) is 50.5 Å². The lowest BCUT2D eigenvalue weighted by molar-refractivity contribution is -0.105. The molecular formula is C30H35N7O2. The molecular weight excluding hydrogens is 490 g/mol. The Morgan fingerprint density at radius 3 is 2.82 bits per heavy atom. The van der Waals surface area contributed by atoms with Crippen LogP contribution in [0.2, 0.25) is 0 Å². The molecule has 2 N–H and O–H groups in total. The normalized spacial score (nSPS) is 17.3. The number of anilines is 2. The van der Waals surface area contributed by atoms with Crippen molar-refractivity contribution in [3.8, 4) is 0 Å². The number of rotatable bonds is 8. The average molecular weight is 526 g/mol. The molecule has 1 spiro atoms.